The smallest absolute Gasteiger partial charge is 0.340 e. The van der Waals surface area contributed by atoms with Crippen LogP contribution >= 0.6 is 0 Å². The monoisotopic (exact) mass is 337 g/mol. The molecule has 3 aromatic rings. The summed E-state index contributed by atoms with van der Waals surface area (Å²) in [5, 5.41) is 0. The van der Waals surface area contributed by atoms with Crippen molar-refractivity contribution < 1.29 is 14.3 Å². The van der Waals surface area contributed by atoms with E-state index < -0.39 is 0 Å². The zero-order valence-electron chi connectivity index (χ0n) is 14.9. The Bertz CT molecular complexity index is 864. The molecule has 0 aliphatic carbocycles. The Balaban J connectivity index is 2.14. The van der Waals surface area contributed by atoms with Gasteiger partial charge < -0.3 is 13.9 Å². The minimum Gasteiger partial charge on any atom is -0.462 e. The topological polar surface area (TPSA) is 39.9 Å². The molecular weight excluding hydrogens is 314 g/mol. The molecule has 0 aliphatic heterocycles. The standard InChI is InChI=1S/C21H23NO3/c1-4-24-20(16-11-9-15(3)10-12-16)19-14-17(21(23)25-5-2)18-8-6-7-13-22(18)19/h6-14,20H,4-5H2,1-3H3. The van der Waals surface area contributed by atoms with Crippen LogP contribution in [0.5, 0.6) is 0 Å². The van der Waals surface area contributed by atoms with Gasteiger partial charge in [-0.05, 0) is 44.5 Å². The van der Waals surface area contributed by atoms with Gasteiger partial charge in [-0.3, -0.25) is 0 Å². The molecular formula is C21H23NO3. The van der Waals surface area contributed by atoms with Gasteiger partial charge >= 0.3 is 5.97 Å². The normalized spacial score (nSPS) is 12.3. The van der Waals surface area contributed by atoms with E-state index in [2.05, 4.69) is 31.2 Å². The van der Waals surface area contributed by atoms with Crippen molar-refractivity contribution in [1.82, 2.24) is 4.40 Å². The Morgan fingerprint density at radius 3 is 2.52 bits per heavy atom. The highest BCUT2D eigenvalue weighted by Crippen LogP contribution is 2.30. The van der Waals surface area contributed by atoms with Crippen LogP contribution in [0.25, 0.3) is 5.52 Å². The number of hydrogen-bond donors (Lipinski definition) is 0. The Labute approximate surface area is 148 Å². The van der Waals surface area contributed by atoms with Gasteiger partial charge in [-0.15, -0.1) is 0 Å². The minimum absolute atomic E-state index is 0.247. The summed E-state index contributed by atoms with van der Waals surface area (Å²) in [4.78, 5) is 12.4. The molecule has 0 saturated carbocycles. The molecule has 2 aromatic heterocycles. The number of rotatable bonds is 6. The van der Waals surface area contributed by atoms with Gasteiger partial charge in [-0.25, -0.2) is 4.79 Å². The van der Waals surface area contributed by atoms with E-state index in [9.17, 15) is 4.79 Å². The first kappa shape index (κ1) is 17.2. The van der Waals surface area contributed by atoms with E-state index in [0.29, 0.717) is 18.8 Å². The molecule has 1 unspecified atom stereocenters. The number of esters is 1. The molecule has 0 radical (unpaired) electrons. The molecule has 1 atom stereocenters. The first-order valence-electron chi connectivity index (χ1n) is 8.61. The first-order valence-corrected chi connectivity index (χ1v) is 8.61. The number of hydrogen-bond acceptors (Lipinski definition) is 3. The molecule has 0 N–H and O–H groups in total. The number of aryl methyl sites for hydroxylation is 1. The van der Waals surface area contributed by atoms with E-state index in [0.717, 1.165) is 16.8 Å². The maximum absolute atomic E-state index is 12.4. The predicted molar refractivity (Wildman–Crippen MR) is 98.0 cm³/mol. The number of pyridine rings is 1. The van der Waals surface area contributed by atoms with Crippen LogP contribution in [-0.2, 0) is 9.47 Å². The van der Waals surface area contributed by atoms with Crippen LogP contribution in [0.2, 0.25) is 0 Å². The molecule has 0 spiro atoms. The molecule has 3 rings (SSSR count). The highest BCUT2D eigenvalue weighted by atomic mass is 16.5. The summed E-state index contributed by atoms with van der Waals surface area (Å²) in [6.45, 7) is 6.78. The molecule has 130 valence electrons. The summed E-state index contributed by atoms with van der Waals surface area (Å²) in [5.74, 6) is -0.309. The lowest BCUT2D eigenvalue weighted by molar-refractivity contribution is 0.0528. The average Bonchev–Trinajstić information content (AvgIpc) is 3.00. The third-order valence-corrected chi connectivity index (χ3v) is 4.18. The van der Waals surface area contributed by atoms with Crippen molar-refractivity contribution in [3.8, 4) is 0 Å². The summed E-state index contributed by atoms with van der Waals surface area (Å²) >= 11 is 0. The lowest BCUT2D eigenvalue weighted by atomic mass is 10.0. The van der Waals surface area contributed by atoms with Crippen molar-refractivity contribution in [3.05, 3.63) is 77.1 Å². The summed E-state index contributed by atoms with van der Waals surface area (Å²) in [7, 11) is 0. The molecule has 0 aliphatic rings. The first-order chi connectivity index (χ1) is 12.2. The third kappa shape index (κ3) is 3.44. The van der Waals surface area contributed by atoms with E-state index in [1.807, 2.05) is 48.7 Å². The van der Waals surface area contributed by atoms with Crippen LogP contribution in [0.4, 0.5) is 0 Å². The SMILES string of the molecule is CCOC(=O)c1cc(C(OCC)c2ccc(C)cc2)n2ccccc12. The number of fused-ring (bicyclic) bond motifs is 1. The van der Waals surface area contributed by atoms with Crippen LogP contribution in [-0.4, -0.2) is 23.6 Å². The number of benzene rings is 1. The zero-order valence-corrected chi connectivity index (χ0v) is 14.9. The highest BCUT2D eigenvalue weighted by molar-refractivity contribution is 5.97. The number of nitrogens with zero attached hydrogens (tertiary/aromatic N) is 1. The van der Waals surface area contributed by atoms with Gasteiger partial charge in [0.2, 0.25) is 0 Å². The fourth-order valence-electron chi connectivity index (χ4n) is 3.01. The van der Waals surface area contributed by atoms with E-state index in [4.69, 9.17) is 9.47 Å². The lowest BCUT2D eigenvalue weighted by Crippen LogP contribution is -2.09. The Morgan fingerprint density at radius 2 is 1.84 bits per heavy atom. The second-order valence-corrected chi connectivity index (χ2v) is 5.91. The summed E-state index contributed by atoms with van der Waals surface area (Å²) in [5.41, 5.74) is 4.57. The molecule has 4 nitrogen and oxygen atoms in total. The molecule has 0 bridgehead atoms. The molecule has 0 saturated heterocycles. The Hall–Kier alpha value is -2.59. The summed E-state index contributed by atoms with van der Waals surface area (Å²) in [6.07, 6.45) is 1.71. The summed E-state index contributed by atoms with van der Waals surface area (Å²) < 4.78 is 13.3. The van der Waals surface area contributed by atoms with E-state index in [1.165, 1.54) is 5.56 Å². The fourth-order valence-corrected chi connectivity index (χ4v) is 3.01. The van der Waals surface area contributed by atoms with Crippen LogP contribution in [0.3, 0.4) is 0 Å². The summed E-state index contributed by atoms with van der Waals surface area (Å²) in [6, 6.07) is 16.0. The van der Waals surface area contributed by atoms with E-state index in [1.54, 1.807) is 0 Å². The van der Waals surface area contributed by atoms with E-state index in [-0.39, 0.29) is 12.1 Å². The van der Waals surface area contributed by atoms with Crippen molar-refractivity contribution in [2.45, 2.75) is 26.9 Å². The molecule has 2 heterocycles. The third-order valence-electron chi connectivity index (χ3n) is 4.18. The molecule has 0 amide bonds. The predicted octanol–water partition coefficient (Wildman–Crippen LogP) is 4.55. The maximum Gasteiger partial charge on any atom is 0.340 e. The van der Waals surface area contributed by atoms with Gasteiger partial charge in [0.05, 0.1) is 23.4 Å². The lowest BCUT2D eigenvalue weighted by Gasteiger charge is -2.18. The van der Waals surface area contributed by atoms with E-state index >= 15 is 0 Å². The number of ether oxygens (including phenoxy) is 2. The largest absolute Gasteiger partial charge is 0.462 e. The highest BCUT2D eigenvalue weighted by Gasteiger charge is 2.23. The average molecular weight is 337 g/mol. The molecule has 4 heteroatoms. The number of carbonyl (C=O) groups is 1. The fraction of sp³-hybridized carbons (Fsp3) is 0.286. The van der Waals surface area contributed by atoms with Crippen molar-refractivity contribution in [2.24, 2.45) is 0 Å². The van der Waals surface area contributed by atoms with Crippen LogP contribution in [0.15, 0.2) is 54.7 Å². The van der Waals surface area contributed by atoms with Gasteiger partial charge in [0, 0.05) is 12.8 Å². The van der Waals surface area contributed by atoms with Crippen molar-refractivity contribution in [1.29, 1.82) is 0 Å². The van der Waals surface area contributed by atoms with Gasteiger partial charge in [0.1, 0.15) is 6.10 Å². The van der Waals surface area contributed by atoms with Crippen molar-refractivity contribution in [3.63, 3.8) is 0 Å². The molecule has 0 fully saturated rings. The van der Waals surface area contributed by atoms with Gasteiger partial charge in [-0.1, -0.05) is 35.9 Å². The van der Waals surface area contributed by atoms with Crippen molar-refractivity contribution in [2.75, 3.05) is 13.2 Å². The Kier molecular flexibility index (Phi) is 5.19. The minimum atomic E-state index is -0.309. The van der Waals surface area contributed by atoms with Crippen molar-refractivity contribution >= 4 is 11.5 Å². The van der Waals surface area contributed by atoms with Crippen LogP contribution in [0.1, 0.15) is 47.1 Å². The van der Waals surface area contributed by atoms with Crippen LogP contribution < -0.4 is 0 Å². The molecule has 25 heavy (non-hydrogen) atoms. The maximum atomic E-state index is 12.4. The van der Waals surface area contributed by atoms with Gasteiger partial charge in [0.15, 0.2) is 0 Å². The Morgan fingerprint density at radius 1 is 1.08 bits per heavy atom. The second kappa shape index (κ2) is 7.53. The number of carbonyl (C=O) groups excluding carboxylic acids is 1. The number of aromatic nitrogens is 1. The van der Waals surface area contributed by atoms with Gasteiger partial charge in [0.25, 0.3) is 0 Å². The molecule has 1 aromatic carbocycles. The zero-order chi connectivity index (χ0) is 17.8. The second-order valence-electron chi connectivity index (χ2n) is 5.91. The quantitative estimate of drug-likeness (QED) is 0.620. The van der Waals surface area contributed by atoms with Crippen LogP contribution in [0, 0.1) is 6.92 Å². The van der Waals surface area contributed by atoms with Gasteiger partial charge in [-0.2, -0.15) is 0 Å².